The fourth-order valence-electron chi connectivity index (χ4n) is 1.63. The Morgan fingerprint density at radius 1 is 1.53 bits per heavy atom. The van der Waals surface area contributed by atoms with Crippen LogP contribution >= 0.6 is 11.3 Å². The van der Waals surface area contributed by atoms with Crippen molar-refractivity contribution in [3.63, 3.8) is 0 Å². The quantitative estimate of drug-likeness (QED) is 0.684. The van der Waals surface area contributed by atoms with Crippen molar-refractivity contribution >= 4 is 17.3 Å². The summed E-state index contributed by atoms with van der Waals surface area (Å²) in [7, 11) is 3.51. The number of aliphatic hydroxyl groups is 1. The molecule has 0 bridgehead atoms. The van der Waals surface area contributed by atoms with Gasteiger partial charge in [0.25, 0.3) is 0 Å². The van der Waals surface area contributed by atoms with Gasteiger partial charge in [-0.1, -0.05) is 0 Å². The van der Waals surface area contributed by atoms with Crippen LogP contribution in [0.15, 0.2) is 0 Å². The first-order chi connectivity index (χ1) is 9.06. The third kappa shape index (κ3) is 5.65. The van der Waals surface area contributed by atoms with Gasteiger partial charge in [-0.25, -0.2) is 4.98 Å². The van der Waals surface area contributed by atoms with Gasteiger partial charge in [0.15, 0.2) is 0 Å². The first-order valence-corrected chi connectivity index (χ1v) is 6.86. The van der Waals surface area contributed by atoms with Gasteiger partial charge in [0, 0.05) is 31.5 Å². The number of rotatable bonds is 9. The van der Waals surface area contributed by atoms with Gasteiger partial charge >= 0.3 is 5.97 Å². The van der Waals surface area contributed by atoms with Crippen LogP contribution in [0.2, 0.25) is 0 Å². The summed E-state index contributed by atoms with van der Waals surface area (Å²) in [5, 5.41) is 18.7. The molecule has 0 aliphatic rings. The molecule has 19 heavy (non-hydrogen) atoms. The van der Waals surface area contributed by atoms with Crippen LogP contribution < -0.4 is 0 Å². The van der Waals surface area contributed by atoms with E-state index in [1.165, 1.54) is 11.3 Å². The smallest absolute Gasteiger partial charge is 0.309 e. The molecule has 0 fully saturated rings. The minimum absolute atomic E-state index is 0.0637. The Morgan fingerprint density at radius 3 is 2.84 bits per heavy atom. The van der Waals surface area contributed by atoms with Crippen molar-refractivity contribution in [2.24, 2.45) is 0 Å². The zero-order valence-electron chi connectivity index (χ0n) is 11.3. The summed E-state index contributed by atoms with van der Waals surface area (Å²) in [6.07, 6.45) is 0.628. The number of hydrogen-bond donors (Lipinski definition) is 2. The van der Waals surface area contributed by atoms with E-state index in [0.29, 0.717) is 31.8 Å². The van der Waals surface area contributed by atoms with Gasteiger partial charge in [0.2, 0.25) is 0 Å². The number of aliphatic hydroxyl groups excluding tert-OH is 1. The molecule has 1 aromatic rings. The number of thiazole rings is 1. The van der Waals surface area contributed by atoms with Gasteiger partial charge in [0.05, 0.1) is 30.3 Å². The average Bonchev–Trinajstić information content (AvgIpc) is 2.68. The van der Waals surface area contributed by atoms with Crippen molar-refractivity contribution in [1.82, 2.24) is 9.88 Å². The number of methoxy groups -OCH3 is 1. The molecule has 0 aliphatic heterocycles. The summed E-state index contributed by atoms with van der Waals surface area (Å²) in [6.45, 7) is 1.82. The highest BCUT2D eigenvalue weighted by molar-refractivity contribution is 7.11. The molecule has 0 radical (unpaired) electrons. The average molecular weight is 288 g/mol. The molecule has 0 unspecified atom stereocenters. The van der Waals surface area contributed by atoms with E-state index in [0.717, 1.165) is 9.88 Å². The third-order valence-electron chi connectivity index (χ3n) is 2.56. The number of aromatic nitrogens is 1. The summed E-state index contributed by atoms with van der Waals surface area (Å²) >= 11 is 1.52. The normalized spacial score (nSPS) is 11.2. The van der Waals surface area contributed by atoms with E-state index in [-0.39, 0.29) is 13.0 Å². The van der Waals surface area contributed by atoms with Crippen molar-refractivity contribution in [2.75, 3.05) is 33.9 Å². The van der Waals surface area contributed by atoms with Crippen LogP contribution in [0.25, 0.3) is 0 Å². The Labute approximate surface area is 116 Å². The van der Waals surface area contributed by atoms with Gasteiger partial charge in [-0.3, -0.25) is 9.69 Å². The van der Waals surface area contributed by atoms with Crippen molar-refractivity contribution in [2.45, 2.75) is 19.4 Å². The summed E-state index contributed by atoms with van der Waals surface area (Å²) in [4.78, 5) is 18.1. The van der Waals surface area contributed by atoms with E-state index in [1.54, 1.807) is 7.11 Å². The summed E-state index contributed by atoms with van der Waals surface area (Å²) in [5.41, 5.74) is 0.619. The molecular weight excluding hydrogens is 268 g/mol. The molecule has 6 nitrogen and oxygen atoms in total. The minimum Gasteiger partial charge on any atom is -0.481 e. The molecule has 108 valence electrons. The van der Waals surface area contributed by atoms with Crippen molar-refractivity contribution < 1.29 is 19.7 Å². The summed E-state index contributed by atoms with van der Waals surface area (Å²) in [6, 6.07) is 0. The summed E-state index contributed by atoms with van der Waals surface area (Å²) < 4.78 is 5.00. The number of ether oxygens (including phenoxy) is 1. The fraction of sp³-hybridized carbons (Fsp3) is 0.667. The number of likely N-dealkylation sites (N-methyl/N-ethyl adjacent to an activating group) is 1. The molecule has 1 heterocycles. The number of nitrogens with zero attached hydrogens (tertiary/aromatic N) is 2. The molecular formula is C12H20N2O4S. The number of carbonyl (C=O) groups is 1. The molecule has 1 aromatic heterocycles. The van der Waals surface area contributed by atoms with E-state index in [1.807, 2.05) is 11.9 Å². The predicted molar refractivity (Wildman–Crippen MR) is 72.5 cm³/mol. The third-order valence-corrected chi connectivity index (χ3v) is 3.70. The zero-order chi connectivity index (χ0) is 14.3. The van der Waals surface area contributed by atoms with Crippen molar-refractivity contribution in [3.05, 3.63) is 15.6 Å². The van der Waals surface area contributed by atoms with Gasteiger partial charge in [0.1, 0.15) is 0 Å². The fourth-order valence-corrected chi connectivity index (χ4v) is 2.78. The minimum atomic E-state index is -0.880. The maximum absolute atomic E-state index is 10.8. The zero-order valence-corrected chi connectivity index (χ0v) is 12.1. The highest BCUT2D eigenvalue weighted by Crippen LogP contribution is 2.21. The second-order valence-electron chi connectivity index (χ2n) is 4.25. The van der Waals surface area contributed by atoms with Crippen LogP contribution in [0, 0.1) is 0 Å². The predicted octanol–water partition coefficient (Wildman–Crippen LogP) is 0.383. The lowest BCUT2D eigenvalue weighted by atomic mass is 10.2. The molecule has 0 saturated heterocycles. The van der Waals surface area contributed by atoms with Gasteiger partial charge < -0.3 is 14.9 Å². The standard InChI is InChI=1S/C12H20N2O4S/c1-14(4-5-15)8-10-9(7-12(16)17)13-11(19-10)3-6-18-2/h15H,3-8H2,1-2H3,(H,16,17). The van der Waals surface area contributed by atoms with Crippen molar-refractivity contribution in [1.29, 1.82) is 0 Å². The van der Waals surface area contributed by atoms with Gasteiger partial charge in [-0.15, -0.1) is 11.3 Å². The Hall–Kier alpha value is -1.02. The maximum Gasteiger partial charge on any atom is 0.309 e. The molecule has 1 rings (SSSR count). The van der Waals surface area contributed by atoms with Crippen LogP contribution in [-0.4, -0.2) is 60.0 Å². The largest absolute Gasteiger partial charge is 0.481 e. The lowest BCUT2D eigenvalue weighted by Crippen LogP contribution is -2.21. The Bertz CT molecular complexity index is 408. The van der Waals surface area contributed by atoms with E-state index < -0.39 is 5.97 Å². The lowest BCUT2D eigenvalue weighted by Gasteiger charge is -2.14. The number of carboxylic acids is 1. The molecule has 0 atom stereocenters. The molecule has 0 aliphatic carbocycles. The molecule has 2 N–H and O–H groups in total. The lowest BCUT2D eigenvalue weighted by molar-refractivity contribution is -0.136. The van der Waals surface area contributed by atoms with Gasteiger partial charge in [-0.2, -0.15) is 0 Å². The Kier molecular flexibility index (Phi) is 6.93. The van der Waals surface area contributed by atoms with E-state index >= 15 is 0 Å². The number of carboxylic acid groups (broad SMARTS) is 1. The highest BCUT2D eigenvalue weighted by atomic mass is 32.1. The first kappa shape index (κ1) is 16.0. The van der Waals surface area contributed by atoms with Crippen molar-refractivity contribution in [3.8, 4) is 0 Å². The van der Waals surface area contributed by atoms with E-state index in [2.05, 4.69) is 4.98 Å². The van der Waals surface area contributed by atoms with Crippen LogP contribution in [0.4, 0.5) is 0 Å². The summed E-state index contributed by atoms with van der Waals surface area (Å²) in [5.74, 6) is -0.880. The molecule has 0 amide bonds. The number of aliphatic carboxylic acids is 1. The molecule has 0 aromatic carbocycles. The van der Waals surface area contributed by atoms with E-state index in [4.69, 9.17) is 14.9 Å². The Balaban J connectivity index is 2.79. The monoisotopic (exact) mass is 288 g/mol. The maximum atomic E-state index is 10.8. The van der Waals surface area contributed by atoms with Crippen LogP contribution in [0.3, 0.4) is 0 Å². The topological polar surface area (TPSA) is 82.9 Å². The SMILES string of the molecule is COCCc1nc(CC(=O)O)c(CN(C)CCO)s1. The highest BCUT2D eigenvalue weighted by Gasteiger charge is 2.15. The second kappa shape index (κ2) is 8.21. The first-order valence-electron chi connectivity index (χ1n) is 6.04. The van der Waals surface area contributed by atoms with Crippen LogP contribution in [-0.2, 0) is 28.9 Å². The number of hydrogen-bond acceptors (Lipinski definition) is 6. The molecule has 0 spiro atoms. The molecule has 7 heteroatoms. The molecule has 0 saturated carbocycles. The van der Waals surface area contributed by atoms with E-state index in [9.17, 15) is 4.79 Å². The van der Waals surface area contributed by atoms with Crippen LogP contribution in [0.5, 0.6) is 0 Å². The Morgan fingerprint density at radius 2 is 2.26 bits per heavy atom. The van der Waals surface area contributed by atoms with Crippen LogP contribution in [0.1, 0.15) is 15.6 Å². The second-order valence-corrected chi connectivity index (χ2v) is 5.42. The van der Waals surface area contributed by atoms with Gasteiger partial charge in [-0.05, 0) is 7.05 Å².